The minimum Gasteiger partial charge on any atom is -0.344 e. The summed E-state index contributed by atoms with van der Waals surface area (Å²) in [7, 11) is 1.79. The summed E-state index contributed by atoms with van der Waals surface area (Å²) < 4.78 is 0. The maximum absolute atomic E-state index is 11.4. The van der Waals surface area contributed by atoms with Gasteiger partial charge in [0.1, 0.15) is 0 Å². The van der Waals surface area contributed by atoms with Gasteiger partial charge < -0.3 is 10.2 Å². The van der Waals surface area contributed by atoms with E-state index in [1.807, 2.05) is 0 Å². The number of non-ortho nitro benzene ring substituents is 1. The molecule has 0 saturated carbocycles. The molecule has 20 heavy (non-hydrogen) atoms. The first-order chi connectivity index (χ1) is 9.47. The van der Waals surface area contributed by atoms with Gasteiger partial charge in [0.15, 0.2) is 0 Å². The zero-order chi connectivity index (χ0) is 14.7. The molecule has 1 atom stereocenters. The van der Waals surface area contributed by atoms with E-state index in [4.69, 9.17) is 11.6 Å². The van der Waals surface area contributed by atoms with E-state index in [9.17, 15) is 14.9 Å². The Hall–Kier alpha value is -1.66. The summed E-state index contributed by atoms with van der Waals surface area (Å²) in [5, 5.41) is 14.3. The maximum atomic E-state index is 11.4. The Morgan fingerprint density at radius 2 is 2.30 bits per heavy atom. The Morgan fingerprint density at radius 1 is 1.55 bits per heavy atom. The molecule has 6 nitrogen and oxygen atoms in total. The largest absolute Gasteiger partial charge is 0.344 e. The monoisotopic (exact) mass is 297 g/mol. The predicted octanol–water partition coefficient (Wildman–Crippen LogP) is 1.96. The lowest BCUT2D eigenvalue weighted by atomic mass is 10.1. The number of carbonyl (C=O) groups excluding carboxylic acids is 1. The van der Waals surface area contributed by atoms with E-state index >= 15 is 0 Å². The van der Waals surface area contributed by atoms with Crippen LogP contribution in [0.15, 0.2) is 18.2 Å². The van der Waals surface area contributed by atoms with Crippen LogP contribution in [-0.2, 0) is 11.3 Å². The standard InChI is InChI=1S/C13H16ClN3O3/c1-16-8-10(3-5-13(16)18)15-7-9-2-4-11(17(19)20)6-12(9)14/h2,4,6,10,15H,3,5,7-8H2,1H3. The van der Waals surface area contributed by atoms with Crippen LogP contribution in [0, 0.1) is 10.1 Å². The third-order valence-electron chi connectivity index (χ3n) is 3.46. The lowest BCUT2D eigenvalue weighted by Crippen LogP contribution is -2.46. The highest BCUT2D eigenvalue weighted by Crippen LogP contribution is 2.22. The van der Waals surface area contributed by atoms with Crippen LogP contribution in [0.3, 0.4) is 0 Å². The van der Waals surface area contributed by atoms with E-state index in [2.05, 4.69) is 5.32 Å². The van der Waals surface area contributed by atoms with E-state index in [1.54, 1.807) is 18.0 Å². The van der Waals surface area contributed by atoms with Gasteiger partial charge in [-0.1, -0.05) is 11.6 Å². The summed E-state index contributed by atoms with van der Waals surface area (Å²) in [5.41, 5.74) is 0.804. The number of nitro groups is 1. The van der Waals surface area contributed by atoms with Gasteiger partial charge in [0.05, 0.1) is 9.95 Å². The first-order valence-corrected chi connectivity index (χ1v) is 6.75. The molecule has 1 amide bonds. The number of likely N-dealkylation sites (tertiary alicyclic amines) is 1. The minimum absolute atomic E-state index is 0.0123. The number of piperidine rings is 1. The molecule has 0 bridgehead atoms. The Labute approximate surface area is 121 Å². The van der Waals surface area contributed by atoms with Gasteiger partial charge in [0, 0.05) is 44.7 Å². The molecule has 1 aliphatic heterocycles. The molecule has 0 spiro atoms. The second-order valence-electron chi connectivity index (χ2n) is 4.92. The zero-order valence-corrected chi connectivity index (χ0v) is 11.9. The van der Waals surface area contributed by atoms with E-state index in [0.29, 0.717) is 24.5 Å². The second-order valence-corrected chi connectivity index (χ2v) is 5.33. The molecule has 1 aliphatic rings. The Bertz CT molecular complexity index is 536. The molecule has 0 aromatic heterocycles. The molecule has 1 saturated heterocycles. The second kappa shape index (κ2) is 6.19. The molecule has 1 unspecified atom stereocenters. The molecular weight excluding hydrogens is 282 g/mol. The average molecular weight is 298 g/mol. The summed E-state index contributed by atoms with van der Waals surface area (Å²) in [6.07, 6.45) is 1.34. The summed E-state index contributed by atoms with van der Waals surface area (Å²) in [6, 6.07) is 4.68. The molecule has 108 valence electrons. The van der Waals surface area contributed by atoms with Gasteiger partial charge in [-0.05, 0) is 18.1 Å². The smallest absolute Gasteiger partial charge is 0.270 e. The number of benzene rings is 1. The average Bonchev–Trinajstić information content (AvgIpc) is 2.41. The van der Waals surface area contributed by atoms with Crippen molar-refractivity contribution >= 4 is 23.2 Å². The molecule has 0 aliphatic carbocycles. The zero-order valence-electron chi connectivity index (χ0n) is 11.1. The van der Waals surface area contributed by atoms with Crippen LogP contribution < -0.4 is 5.32 Å². The molecule has 7 heteroatoms. The van der Waals surface area contributed by atoms with Gasteiger partial charge in [-0.3, -0.25) is 14.9 Å². The number of hydrogen-bond donors (Lipinski definition) is 1. The van der Waals surface area contributed by atoms with Crippen molar-refractivity contribution in [2.24, 2.45) is 0 Å². The van der Waals surface area contributed by atoms with Crippen LogP contribution in [0.25, 0.3) is 0 Å². The third kappa shape index (κ3) is 3.46. The van der Waals surface area contributed by atoms with Crippen LogP contribution >= 0.6 is 11.6 Å². The van der Waals surface area contributed by atoms with E-state index in [0.717, 1.165) is 12.0 Å². The number of nitrogens with one attached hydrogen (secondary N) is 1. The van der Waals surface area contributed by atoms with Crippen molar-refractivity contribution in [3.8, 4) is 0 Å². The quantitative estimate of drug-likeness (QED) is 0.681. The van der Waals surface area contributed by atoms with Crippen LogP contribution in [0.2, 0.25) is 5.02 Å². The van der Waals surface area contributed by atoms with Crippen molar-refractivity contribution in [2.45, 2.75) is 25.4 Å². The Balaban J connectivity index is 1.94. The Kier molecular flexibility index (Phi) is 4.57. The van der Waals surface area contributed by atoms with Crippen molar-refractivity contribution in [2.75, 3.05) is 13.6 Å². The third-order valence-corrected chi connectivity index (χ3v) is 3.81. The fourth-order valence-corrected chi connectivity index (χ4v) is 2.47. The van der Waals surface area contributed by atoms with Gasteiger partial charge in [0.25, 0.3) is 5.69 Å². The highest BCUT2D eigenvalue weighted by Gasteiger charge is 2.22. The van der Waals surface area contributed by atoms with Crippen LogP contribution in [0.4, 0.5) is 5.69 Å². The number of hydrogen-bond acceptors (Lipinski definition) is 4. The topological polar surface area (TPSA) is 75.5 Å². The van der Waals surface area contributed by atoms with Crippen LogP contribution in [0.1, 0.15) is 18.4 Å². The number of nitro benzene ring substituents is 1. The lowest BCUT2D eigenvalue weighted by Gasteiger charge is -2.30. The molecule has 1 aromatic rings. The van der Waals surface area contributed by atoms with Gasteiger partial charge in [-0.2, -0.15) is 0 Å². The first kappa shape index (κ1) is 14.7. The number of amides is 1. The summed E-state index contributed by atoms with van der Waals surface area (Å²) in [4.78, 5) is 23.3. The number of nitrogens with zero attached hydrogens (tertiary/aromatic N) is 2. The molecule has 1 N–H and O–H groups in total. The molecule has 1 aromatic carbocycles. The number of halogens is 1. The van der Waals surface area contributed by atoms with Crippen molar-refractivity contribution in [3.63, 3.8) is 0 Å². The minimum atomic E-state index is -0.467. The van der Waals surface area contributed by atoms with Crippen molar-refractivity contribution < 1.29 is 9.72 Å². The molecular formula is C13H16ClN3O3. The van der Waals surface area contributed by atoms with Crippen molar-refractivity contribution in [1.82, 2.24) is 10.2 Å². The van der Waals surface area contributed by atoms with Crippen LogP contribution in [0.5, 0.6) is 0 Å². The highest BCUT2D eigenvalue weighted by molar-refractivity contribution is 6.31. The number of carbonyl (C=O) groups is 1. The van der Waals surface area contributed by atoms with Gasteiger partial charge >= 0.3 is 0 Å². The SMILES string of the molecule is CN1CC(NCc2ccc([N+](=O)[O-])cc2Cl)CCC1=O. The lowest BCUT2D eigenvalue weighted by molar-refractivity contribution is -0.384. The van der Waals surface area contributed by atoms with Gasteiger partial charge in [-0.15, -0.1) is 0 Å². The summed E-state index contributed by atoms with van der Waals surface area (Å²) in [5.74, 6) is 0.163. The number of likely N-dealkylation sites (N-methyl/N-ethyl adjacent to an activating group) is 1. The summed E-state index contributed by atoms with van der Waals surface area (Å²) in [6.45, 7) is 1.20. The molecule has 0 radical (unpaired) electrons. The molecule has 2 rings (SSSR count). The highest BCUT2D eigenvalue weighted by atomic mass is 35.5. The maximum Gasteiger partial charge on any atom is 0.270 e. The molecule has 1 heterocycles. The van der Waals surface area contributed by atoms with E-state index in [1.165, 1.54) is 12.1 Å². The van der Waals surface area contributed by atoms with Crippen molar-refractivity contribution in [1.29, 1.82) is 0 Å². The van der Waals surface area contributed by atoms with Gasteiger partial charge in [-0.25, -0.2) is 0 Å². The fraction of sp³-hybridized carbons (Fsp3) is 0.462. The van der Waals surface area contributed by atoms with E-state index < -0.39 is 4.92 Å². The van der Waals surface area contributed by atoms with Gasteiger partial charge in [0.2, 0.25) is 5.91 Å². The Morgan fingerprint density at radius 3 is 2.90 bits per heavy atom. The molecule has 1 fully saturated rings. The fourth-order valence-electron chi connectivity index (χ4n) is 2.23. The summed E-state index contributed by atoms with van der Waals surface area (Å²) >= 11 is 6.03. The van der Waals surface area contributed by atoms with E-state index in [-0.39, 0.29) is 17.6 Å². The van der Waals surface area contributed by atoms with Crippen molar-refractivity contribution in [3.05, 3.63) is 38.9 Å². The van der Waals surface area contributed by atoms with Crippen LogP contribution in [-0.4, -0.2) is 35.4 Å². The normalized spacial score (nSPS) is 19.2. The number of rotatable bonds is 4. The first-order valence-electron chi connectivity index (χ1n) is 6.37. The predicted molar refractivity (Wildman–Crippen MR) is 75.6 cm³/mol.